The summed E-state index contributed by atoms with van der Waals surface area (Å²) in [5.41, 5.74) is 6.04. The Morgan fingerprint density at radius 3 is 2.55 bits per heavy atom. The van der Waals surface area contributed by atoms with Gasteiger partial charge in [0.15, 0.2) is 0 Å². The van der Waals surface area contributed by atoms with Crippen LogP contribution >= 0.6 is 0 Å². The maximum atomic E-state index is 12.8. The number of amides is 2. The summed E-state index contributed by atoms with van der Waals surface area (Å²) in [7, 11) is 0. The Kier molecular flexibility index (Phi) is 5.89. The van der Waals surface area contributed by atoms with Crippen LogP contribution < -0.4 is 16.4 Å². The first-order valence-corrected chi connectivity index (χ1v) is 7.63. The van der Waals surface area contributed by atoms with Gasteiger partial charge >= 0.3 is 0 Å². The van der Waals surface area contributed by atoms with Gasteiger partial charge in [-0.05, 0) is 49.4 Å². The van der Waals surface area contributed by atoms with Gasteiger partial charge in [0.25, 0.3) is 5.91 Å². The second-order valence-electron chi connectivity index (χ2n) is 5.61. The lowest BCUT2D eigenvalue weighted by atomic mass is 10.1. The van der Waals surface area contributed by atoms with Crippen LogP contribution in [0.3, 0.4) is 0 Å². The molecule has 5 nitrogen and oxygen atoms in total. The Bertz CT molecular complexity index is 515. The highest BCUT2D eigenvalue weighted by molar-refractivity contribution is 5.94. The highest BCUT2D eigenvalue weighted by Gasteiger charge is 2.30. The third-order valence-electron chi connectivity index (χ3n) is 3.76. The molecule has 1 atom stereocenters. The van der Waals surface area contributed by atoms with E-state index in [0.717, 1.165) is 12.8 Å². The molecule has 1 aliphatic carbocycles. The minimum absolute atomic E-state index is 0.0293. The van der Waals surface area contributed by atoms with E-state index in [1.807, 2.05) is 0 Å². The first kappa shape index (κ1) is 16.4. The van der Waals surface area contributed by atoms with Crippen molar-refractivity contribution in [1.82, 2.24) is 10.6 Å². The number of hydrogen-bond donors (Lipinski definition) is 3. The first-order chi connectivity index (χ1) is 10.6. The van der Waals surface area contributed by atoms with Gasteiger partial charge in [-0.15, -0.1) is 0 Å². The number of halogens is 1. The maximum Gasteiger partial charge on any atom is 0.251 e. The molecule has 1 aromatic rings. The second-order valence-corrected chi connectivity index (χ2v) is 5.61. The van der Waals surface area contributed by atoms with Gasteiger partial charge in [-0.3, -0.25) is 9.59 Å². The summed E-state index contributed by atoms with van der Waals surface area (Å²) in [6, 6.07) is 5.43. The Hall–Kier alpha value is -1.95. The normalized spacial score (nSPS) is 15.2. The quantitative estimate of drug-likeness (QED) is 0.631. The topological polar surface area (TPSA) is 84.2 Å². The van der Waals surface area contributed by atoms with Crippen LogP contribution in [0, 0.1) is 11.7 Å². The van der Waals surface area contributed by atoms with Crippen molar-refractivity contribution in [2.24, 2.45) is 11.7 Å². The fourth-order valence-electron chi connectivity index (χ4n) is 2.30. The van der Waals surface area contributed by atoms with Gasteiger partial charge in [0.1, 0.15) is 5.82 Å². The predicted octanol–water partition coefficient (Wildman–Crippen LogP) is 1.19. The zero-order valence-electron chi connectivity index (χ0n) is 12.5. The minimum Gasteiger partial charge on any atom is -0.352 e. The first-order valence-electron chi connectivity index (χ1n) is 7.63. The molecule has 22 heavy (non-hydrogen) atoms. The molecule has 2 rings (SSSR count). The van der Waals surface area contributed by atoms with Crippen LogP contribution in [0.2, 0.25) is 0 Å². The van der Waals surface area contributed by atoms with E-state index in [0.29, 0.717) is 37.4 Å². The molecule has 1 unspecified atom stereocenters. The lowest BCUT2D eigenvalue weighted by Gasteiger charge is -2.15. The number of hydrogen-bond acceptors (Lipinski definition) is 3. The van der Waals surface area contributed by atoms with E-state index in [2.05, 4.69) is 10.6 Å². The van der Waals surface area contributed by atoms with Crippen molar-refractivity contribution in [1.29, 1.82) is 0 Å². The van der Waals surface area contributed by atoms with Gasteiger partial charge in [0.2, 0.25) is 5.91 Å². The third kappa shape index (κ3) is 5.11. The molecule has 0 saturated heterocycles. The molecule has 0 radical (unpaired) electrons. The van der Waals surface area contributed by atoms with E-state index in [1.165, 1.54) is 24.3 Å². The lowest BCUT2D eigenvalue weighted by Crippen LogP contribution is -2.41. The van der Waals surface area contributed by atoms with Crippen LogP contribution in [-0.4, -0.2) is 30.9 Å². The van der Waals surface area contributed by atoms with Crippen LogP contribution in [-0.2, 0) is 4.79 Å². The Balaban J connectivity index is 1.62. The molecule has 0 spiro atoms. The highest BCUT2D eigenvalue weighted by Crippen LogP contribution is 2.32. The highest BCUT2D eigenvalue weighted by atomic mass is 19.1. The van der Waals surface area contributed by atoms with Crippen molar-refractivity contribution in [3.63, 3.8) is 0 Å². The van der Waals surface area contributed by atoms with E-state index in [1.54, 1.807) is 0 Å². The van der Waals surface area contributed by atoms with E-state index in [-0.39, 0.29) is 23.7 Å². The molecule has 2 amide bonds. The summed E-state index contributed by atoms with van der Waals surface area (Å²) in [5.74, 6) is -0.137. The summed E-state index contributed by atoms with van der Waals surface area (Å²) in [5, 5.41) is 5.65. The molecule has 1 aliphatic rings. The van der Waals surface area contributed by atoms with Gasteiger partial charge < -0.3 is 16.4 Å². The molecule has 0 bridgehead atoms. The van der Waals surface area contributed by atoms with Crippen LogP contribution in [0.25, 0.3) is 0 Å². The van der Waals surface area contributed by atoms with Gasteiger partial charge in [-0.1, -0.05) is 0 Å². The molecule has 4 N–H and O–H groups in total. The SMILES string of the molecule is NCC(NC(=O)CCCNC(=O)c1ccc(F)cc1)C1CC1. The average Bonchev–Trinajstić information content (AvgIpc) is 3.34. The molecule has 1 fully saturated rings. The summed E-state index contributed by atoms with van der Waals surface area (Å²) < 4.78 is 12.8. The molecule has 1 saturated carbocycles. The molecule has 0 heterocycles. The Morgan fingerprint density at radius 2 is 1.95 bits per heavy atom. The zero-order valence-corrected chi connectivity index (χ0v) is 12.5. The largest absolute Gasteiger partial charge is 0.352 e. The second kappa shape index (κ2) is 7.89. The number of carbonyl (C=O) groups is 2. The molecule has 6 heteroatoms. The predicted molar refractivity (Wildman–Crippen MR) is 81.7 cm³/mol. The summed E-state index contributed by atoms with van der Waals surface area (Å²) in [6.45, 7) is 0.873. The third-order valence-corrected chi connectivity index (χ3v) is 3.76. The van der Waals surface area contributed by atoms with Crippen LogP contribution in [0.1, 0.15) is 36.0 Å². The van der Waals surface area contributed by atoms with Gasteiger partial charge in [-0.25, -0.2) is 4.39 Å². The summed E-state index contributed by atoms with van der Waals surface area (Å²) in [4.78, 5) is 23.5. The molecule has 0 aliphatic heterocycles. The number of carbonyl (C=O) groups excluding carboxylic acids is 2. The van der Waals surface area contributed by atoms with E-state index < -0.39 is 0 Å². The van der Waals surface area contributed by atoms with Crippen LogP contribution in [0.15, 0.2) is 24.3 Å². The minimum atomic E-state index is -0.377. The molecule has 1 aromatic carbocycles. The van der Waals surface area contributed by atoms with Crippen molar-refractivity contribution in [2.45, 2.75) is 31.7 Å². The monoisotopic (exact) mass is 307 g/mol. The molecule has 0 aromatic heterocycles. The fraction of sp³-hybridized carbons (Fsp3) is 0.500. The van der Waals surface area contributed by atoms with Crippen molar-refractivity contribution in [3.8, 4) is 0 Å². The standard InChI is InChI=1S/C16H22FN3O2/c17-13-7-5-12(6-8-13)16(22)19-9-1-2-15(21)20-14(10-18)11-3-4-11/h5-8,11,14H,1-4,9-10,18H2,(H,19,22)(H,20,21). The Morgan fingerprint density at radius 1 is 1.27 bits per heavy atom. The Labute approximate surface area is 129 Å². The summed E-state index contributed by atoms with van der Waals surface area (Å²) in [6.07, 6.45) is 3.18. The molecule has 120 valence electrons. The van der Waals surface area contributed by atoms with E-state index in [4.69, 9.17) is 5.73 Å². The molecular weight excluding hydrogens is 285 g/mol. The van der Waals surface area contributed by atoms with Crippen molar-refractivity contribution in [3.05, 3.63) is 35.6 Å². The van der Waals surface area contributed by atoms with Gasteiger partial charge in [0.05, 0.1) is 0 Å². The number of nitrogens with two attached hydrogens (primary N) is 1. The number of nitrogens with one attached hydrogen (secondary N) is 2. The average molecular weight is 307 g/mol. The maximum absolute atomic E-state index is 12.8. The van der Waals surface area contributed by atoms with E-state index in [9.17, 15) is 14.0 Å². The van der Waals surface area contributed by atoms with Crippen LogP contribution in [0.5, 0.6) is 0 Å². The van der Waals surface area contributed by atoms with E-state index >= 15 is 0 Å². The smallest absolute Gasteiger partial charge is 0.251 e. The van der Waals surface area contributed by atoms with Crippen molar-refractivity contribution < 1.29 is 14.0 Å². The fourth-order valence-corrected chi connectivity index (χ4v) is 2.30. The van der Waals surface area contributed by atoms with Gasteiger partial charge in [-0.2, -0.15) is 0 Å². The van der Waals surface area contributed by atoms with Crippen LogP contribution in [0.4, 0.5) is 4.39 Å². The lowest BCUT2D eigenvalue weighted by molar-refractivity contribution is -0.122. The zero-order chi connectivity index (χ0) is 15.9. The number of rotatable bonds is 8. The summed E-state index contributed by atoms with van der Waals surface area (Å²) >= 11 is 0. The van der Waals surface area contributed by atoms with Crippen molar-refractivity contribution >= 4 is 11.8 Å². The molecular formula is C16H22FN3O2. The van der Waals surface area contributed by atoms with Crippen molar-refractivity contribution in [2.75, 3.05) is 13.1 Å². The van der Waals surface area contributed by atoms with Gasteiger partial charge in [0, 0.05) is 31.1 Å². The number of benzene rings is 1.